The molecule has 0 saturated heterocycles. The van der Waals surface area contributed by atoms with E-state index in [4.69, 9.17) is 0 Å². The molecule has 8 aromatic rings. The van der Waals surface area contributed by atoms with Gasteiger partial charge in [-0.1, -0.05) is 179 Å². The van der Waals surface area contributed by atoms with Crippen LogP contribution in [0.25, 0.3) is 11.1 Å². The van der Waals surface area contributed by atoms with Crippen LogP contribution in [0.15, 0.2) is 176 Å². The molecule has 2 aliphatic heterocycles. The fraction of sp³-hybridized carbons (Fsp3) is 0.238. The van der Waals surface area contributed by atoms with Crippen molar-refractivity contribution in [2.45, 2.75) is 97.8 Å². The fourth-order valence-corrected chi connectivity index (χ4v) is 11.3. The molecule has 3 nitrogen and oxygen atoms in total. The van der Waals surface area contributed by atoms with Crippen LogP contribution in [0.5, 0.6) is 0 Å². The van der Waals surface area contributed by atoms with E-state index in [9.17, 15) is 0 Å². The summed E-state index contributed by atoms with van der Waals surface area (Å²) < 4.78 is 0. The van der Waals surface area contributed by atoms with Crippen LogP contribution in [0.4, 0.5) is 51.2 Å². The zero-order chi connectivity index (χ0) is 46.8. The van der Waals surface area contributed by atoms with E-state index in [0.717, 1.165) is 22.7 Å². The first kappa shape index (κ1) is 42.8. The summed E-state index contributed by atoms with van der Waals surface area (Å²) in [6.07, 6.45) is 0. The highest BCUT2D eigenvalue weighted by atomic mass is 15.2. The topological polar surface area (TPSA) is 9.72 Å². The lowest BCUT2D eigenvalue weighted by molar-refractivity contribution is 0.590. The summed E-state index contributed by atoms with van der Waals surface area (Å²) in [5, 5.41) is 0. The molecule has 332 valence electrons. The van der Waals surface area contributed by atoms with Gasteiger partial charge in [0.1, 0.15) is 0 Å². The first-order valence-electron chi connectivity index (χ1n) is 24.2. The van der Waals surface area contributed by atoms with Crippen LogP contribution in [0.1, 0.15) is 104 Å². The van der Waals surface area contributed by atoms with E-state index in [1.54, 1.807) is 0 Å². The van der Waals surface area contributed by atoms with E-state index in [1.807, 2.05) is 0 Å². The number of anilines is 9. The molecule has 0 unspecified atom stereocenters. The Morgan fingerprint density at radius 2 is 0.970 bits per heavy atom. The molecule has 0 N–H and O–H groups in total. The van der Waals surface area contributed by atoms with Gasteiger partial charge in [-0.15, -0.1) is 0 Å². The van der Waals surface area contributed by atoms with Crippen LogP contribution >= 0.6 is 0 Å². The maximum absolute atomic E-state index is 2.66. The van der Waals surface area contributed by atoms with Crippen LogP contribution in [-0.4, -0.2) is 6.71 Å². The molecule has 67 heavy (non-hydrogen) atoms. The maximum atomic E-state index is 2.66. The van der Waals surface area contributed by atoms with Crippen molar-refractivity contribution in [3.63, 3.8) is 0 Å². The van der Waals surface area contributed by atoms with Crippen molar-refractivity contribution in [1.29, 1.82) is 0 Å². The molecular formula is C63H62BN3. The van der Waals surface area contributed by atoms with E-state index < -0.39 is 0 Å². The zero-order valence-corrected chi connectivity index (χ0v) is 41.2. The first-order chi connectivity index (χ1) is 31.9. The van der Waals surface area contributed by atoms with E-state index in [2.05, 4.69) is 267 Å². The molecule has 4 heteroatoms. The monoisotopic (exact) mass is 872 g/mol. The van der Waals surface area contributed by atoms with Gasteiger partial charge < -0.3 is 14.7 Å². The number of rotatable bonds is 5. The molecule has 0 amide bonds. The summed E-state index contributed by atoms with van der Waals surface area (Å²) in [4.78, 5) is 7.65. The van der Waals surface area contributed by atoms with Gasteiger partial charge in [0.05, 0.1) is 5.69 Å². The van der Waals surface area contributed by atoms with Crippen molar-refractivity contribution in [1.82, 2.24) is 0 Å². The average molecular weight is 872 g/mol. The van der Waals surface area contributed by atoms with Gasteiger partial charge in [0.15, 0.2) is 0 Å². The summed E-state index contributed by atoms with van der Waals surface area (Å²) in [5.41, 5.74) is 23.7. The van der Waals surface area contributed by atoms with Crippen molar-refractivity contribution in [3.05, 3.63) is 204 Å². The molecule has 8 aromatic carbocycles. The molecule has 0 bridgehead atoms. The summed E-state index contributed by atoms with van der Waals surface area (Å²) in [6.45, 7) is 25.9. The minimum absolute atomic E-state index is 0.0200. The van der Waals surface area contributed by atoms with Gasteiger partial charge >= 0.3 is 0 Å². The van der Waals surface area contributed by atoms with E-state index in [0.29, 0.717) is 0 Å². The normalized spacial score (nSPS) is 14.5. The molecule has 0 atom stereocenters. The number of fused-ring (bicyclic) bond motifs is 7. The largest absolute Gasteiger partial charge is 0.311 e. The lowest BCUT2D eigenvalue weighted by Gasteiger charge is -2.46. The quantitative estimate of drug-likeness (QED) is 0.160. The summed E-state index contributed by atoms with van der Waals surface area (Å²) >= 11 is 0. The number of hydrogen-bond acceptors (Lipinski definition) is 3. The zero-order valence-electron chi connectivity index (χ0n) is 41.2. The molecule has 0 saturated carbocycles. The van der Waals surface area contributed by atoms with Crippen molar-refractivity contribution in [3.8, 4) is 11.1 Å². The summed E-state index contributed by atoms with van der Waals surface area (Å²) in [5.74, 6) is 0. The Bertz CT molecular complexity index is 3180. The minimum atomic E-state index is -0.209. The highest BCUT2D eigenvalue weighted by molar-refractivity contribution is 7.00. The maximum Gasteiger partial charge on any atom is 0.252 e. The molecular weight excluding hydrogens is 810 g/mol. The van der Waals surface area contributed by atoms with Gasteiger partial charge in [-0.05, 0) is 144 Å². The van der Waals surface area contributed by atoms with E-state index in [1.165, 1.54) is 83.8 Å². The number of benzene rings is 8. The molecule has 0 spiro atoms. The van der Waals surface area contributed by atoms with Gasteiger partial charge in [-0.25, -0.2) is 0 Å². The highest BCUT2D eigenvalue weighted by Crippen LogP contribution is 2.56. The lowest BCUT2D eigenvalue weighted by atomic mass is 9.33. The van der Waals surface area contributed by atoms with Gasteiger partial charge in [0.25, 0.3) is 6.71 Å². The number of hydrogen-bond donors (Lipinski definition) is 0. The molecule has 11 rings (SSSR count). The second-order valence-corrected chi connectivity index (χ2v) is 22.7. The lowest BCUT2D eigenvalue weighted by Crippen LogP contribution is -2.61. The van der Waals surface area contributed by atoms with Crippen molar-refractivity contribution in [2.75, 3.05) is 14.7 Å². The molecule has 0 aromatic heterocycles. The Kier molecular flexibility index (Phi) is 9.67. The van der Waals surface area contributed by atoms with Gasteiger partial charge in [0.2, 0.25) is 0 Å². The number of para-hydroxylation sites is 2. The Labute approximate surface area is 399 Å². The molecule has 3 aliphatic rings. The predicted molar refractivity (Wildman–Crippen MR) is 289 cm³/mol. The minimum Gasteiger partial charge on any atom is -0.311 e. The molecule has 1 aliphatic carbocycles. The Balaban J connectivity index is 1.25. The fourth-order valence-electron chi connectivity index (χ4n) is 11.3. The molecule has 2 heterocycles. The SMILES string of the molecule is CC(C)(C)c1ccc(N2c3cc(N(c4ccccc4)c4ccccc4)ccc3B3c4cc(C(C)(C)C)ccc4N(c4cccc5c4C(C)(C)c4ccccc4-5)c4cc(C(C)(C)C)cc2c43)cc1. The van der Waals surface area contributed by atoms with Crippen molar-refractivity contribution < 1.29 is 0 Å². The average Bonchev–Trinajstić information content (AvgIpc) is 3.54. The Morgan fingerprint density at radius 3 is 1.60 bits per heavy atom. The predicted octanol–water partition coefficient (Wildman–Crippen LogP) is 15.4. The second-order valence-electron chi connectivity index (χ2n) is 22.7. The van der Waals surface area contributed by atoms with E-state index in [-0.39, 0.29) is 28.4 Å². The third kappa shape index (κ3) is 6.85. The van der Waals surface area contributed by atoms with Crippen LogP contribution in [0.3, 0.4) is 0 Å². The molecule has 0 fully saturated rings. The van der Waals surface area contributed by atoms with Crippen LogP contribution in [-0.2, 0) is 21.7 Å². The Morgan fingerprint density at radius 1 is 0.403 bits per heavy atom. The molecule has 0 radical (unpaired) electrons. The standard InChI is InChI=1S/C63H62BN3/c1-60(2,3)41-29-32-46(33-30-41)66-55-40-47(65(44-21-14-12-15-22-44)45-23-16-13-17-24-45)34-35-51(55)64-52-37-42(61(4,5)6)31-36-53(52)67(57-39-43(62(7,8)9)38-56(66)59(57)64)54-28-20-26-49-48-25-18-19-27-50(48)63(10,11)58(49)54/h12-40H,1-11H3. The second kappa shape index (κ2) is 15.1. The number of nitrogens with zero attached hydrogens (tertiary/aromatic N) is 3. The van der Waals surface area contributed by atoms with Crippen LogP contribution in [0.2, 0.25) is 0 Å². The van der Waals surface area contributed by atoms with Crippen LogP contribution in [0, 0.1) is 0 Å². The van der Waals surface area contributed by atoms with Crippen molar-refractivity contribution >= 4 is 74.3 Å². The smallest absolute Gasteiger partial charge is 0.252 e. The Hall–Kier alpha value is -6.78. The van der Waals surface area contributed by atoms with Gasteiger partial charge in [-0.3, -0.25) is 0 Å². The van der Waals surface area contributed by atoms with E-state index >= 15 is 0 Å². The van der Waals surface area contributed by atoms with Crippen molar-refractivity contribution in [2.24, 2.45) is 0 Å². The van der Waals surface area contributed by atoms with Crippen LogP contribution < -0.4 is 31.1 Å². The first-order valence-corrected chi connectivity index (χ1v) is 24.2. The van der Waals surface area contributed by atoms with Gasteiger partial charge in [0, 0.05) is 50.9 Å². The summed E-state index contributed by atoms with van der Waals surface area (Å²) in [6, 6.07) is 66.8. The highest BCUT2D eigenvalue weighted by Gasteiger charge is 2.47. The summed E-state index contributed by atoms with van der Waals surface area (Å²) in [7, 11) is 0. The van der Waals surface area contributed by atoms with Gasteiger partial charge in [-0.2, -0.15) is 0 Å². The third-order valence-corrected chi connectivity index (χ3v) is 14.9. The third-order valence-electron chi connectivity index (χ3n) is 14.9.